The number of nitrogens with zero attached hydrogens (tertiary/aromatic N) is 2. The van der Waals surface area contributed by atoms with Crippen LogP contribution in [0, 0.1) is 11.8 Å². The van der Waals surface area contributed by atoms with Gasteiger partial charge in [-0.3, -0.25) is 9.69 Å². The normalized spacial score (nSPS) is 15.9. The smallest absolute Gasteiger partial charge is 0.222 e. The molecule has 1 fully saturated rings. The summed E-state index contributed by atoms with van der Waals surface area (Å²) in [5.74, 6) is 6.31. The van der Waals surface area contributed by atoms with E-state index in [1.165, 1.54) is 0 Å². The van der Waals surface area contributed by atoms with Crippen molar-refractivity contribution in [2.45, 2.75) is 52.6 Å². The molecular formula is C17H30N2O2. The standard InChI is InChI=1S/C17H30N2O2/c1-4-5-10-18-11-13-19(14-12-18)17(20)9-7-6-8-15-21-16(2)3/h16H,6-15H2,1-3H3. The average molecular weight is 294 g/mol. The summed E-state index contributed by atoms with van der Waals surface area (Å²) in [6.07, 6.45) is 4.08. The summed E-state index contributed by atoms with van der Waals surface area (Å²) in [5.41, 5.74) is 0. The van der Waals surface area contributed by atoms with Crippen LogP contribution >= 0.6 is 0 Å². The lowest BCUT2D eigenvalue weighted by Crippen LogP contribution is -2.48. The predicted molar refractivity (Wildman–Crippen MR) is 86.0 cm³/mol. The van der Waals surface area contributed by atoms with Gasteiger partial charge in [-0.05, 0) is 33.6 Å². The van der Waals surface area contributed by atoms with Crippen LogP contribution in [0.15, 0.2) is 0 Å². The Bertz CT molecular complexity index is 350. The molecule has 1 saturated heterocycles. The lowest BCUT2D eigenvalue weighted by Gasteiger charge is -2.33. The number of ether oxygens (including phenoxy) is 1. The molecule has 1 rings (SSSR count). The van der Waals surface area contributed by atoms with Crippen molar-refractivity contribution < 1.29 is 9.53 Å². The number of hydrogen-bond donors (Lipinski definition) is 0. The topological polar surface area (TPSA) is 32.8 Å². The van der Waals surface area contributed by atoms with Crippen molar-refractivity contribution in [2.75, 3.05) is 39.3 Å². The molecule has 4 heteroatoms. The first-order valence-corrected chi connectivity index (χ1v) is 8.15. The highest BCUT2D eigenvalue weighted by Gasteiger charge is 2.19. The zero-order valence-electron chi connectivity index (χ0n) is 13.9. The van der Waals surface area contributed by atoms with Gasteiger partial charge in [-0.1, -0.05) is 12.3 Å². The highest BCUT2D eigenvalue weighted by molar-refractivity contribution is 5.76. The number of carbonyl (C=O) groups is 1. The molecule has 1 aliphatic rings. The van der Waals surface area contributed by atoms with E-state index < -0.39 is 0 Å². The van der Waals surface area contributed by atoms with Crippen molar-refractivity contribution in [3.05, 3.63) is 0 Å². The second kappa shape index (κ2) is 10.6. The molecule has 4 nitrogen and oxygen atoms in total. The monoisotopic (exact) mass is 294 g/mol. The molecule has 120 valence electrons. The van der Waals surface area contributed by atoms with Gasteiger partial charge in [0.2, 0.25) is 5.91 Å². The predicted octanol–water partition coefficient (Wildman–Crippen LogP) is 2.14. The van der Waals surface area contributed by atoms with E-state index >= 15 is 0 Å². The minimum absolute atomic E-state index is 0.306. The van der Waals surface area contributed by atoms with Crippen LogP contribution in [0.4, 0.5) is 0 Å². The van der Waals surface area contributed by atoms with Crippen molar-refractivity contribution in [1.29, 1.82) is 0 Å². The Morgan fingerprint density at radius 2 is 1.86 bits per heavy atom. The molecule has 0 unspecified atom stereocenters. The molecule has 0 radical (unpaired) electrons. The highest BCUT2D eigenvalue weighted by Crippen LogP contribution is 2.07. The van der Waals surface area contributed by atoms with Gasteiger partial charge in [0.1, 0.15) is 0 Å². The van der Waals surface area contributed by atoms with Gasteiger partial charge in [0.05, 0.1) is 12.6 Å². The van der Waals surface area contributed by atoms with Crippen LogP contribution in [0.25, 0.3) is 0 Å². The van der Waals surface area contributed by atoms with Crippen LogP contribution in [0.5, 0.6) is 0 Å². The van der Waals surface area contributed by atoms with Crippen molar-refractivity contribution in [3.8, 4) is 11.8 Å². The Morgan fingerprint density at radius 1 is 1.14 bits per heavy atom. The minimum Gasteiger partial charge on any atom is -0.379 e. The van der Waals surface area contributed by atoms with Crippen molar-refractivity contribution in [1.82, 2.24) is 9.80 Å². The Kier molecular flexibility index (Phi) is 9.12. The lowest BCUT2D eigenvalue weighted by molar-refractivity contribution is -0.133. The van der Waals surface area contributed by atoms with E-state index in [1.807, 2.05) is 11.8 Å². The van der Waals surface area contributed by atoms with E-state index in [9.17, 15) is 4.79 Å². The third kappa shape index (κ3) is 8.08. The summed E-state index contributed by atoms with van der Waals surface area (Å²) in [6, 6.07) is 0. The maximum absolute atomic E-state index is 12.1. The van der Waals surface area contributed by atoms with Crippen LogP contribution < -0.4 is 0 Å². The Balaban J connectivity index is 2.06. The molecule has 0 bridgehead atoms. The Labute approximate surface area is 129 Å². The second-order valence-electron chi connectivity index (χ2n) is 5.81. The SMILES string of the molecule is CC#CCN1CCN(C(=O)CCCCCOC(C)C)CC1. The van der Waals surface area contributed by atoms with E-state index in [2.05, 4.69) is 30.6 Å². The quantitative estimate of drug-likeness (QED) is 0.508. The van der Waals surface area contributed by atoms with E-state index in [-0.39, 0.29) is 0 Å². The molecular weight excluding hydrogens is 264 g/mol. The Morgan fingerprint density at radius 3 is 2.48 bits per heavy atom. The van der Waals surface area contributed by atoms with Crippen LogP contribution in [0.2, 0.25) is 0 Å². The van der Waals surface area contributed by atoms with Gasteiger partial charge < -0.3 is 9.64 Å². The largest absolute Gasteiger partial charge is 0.379 e. The molecule has 0 aromatic rings. The van der Waals surface area contributed by atoms with Crippen LogP contribution in [0.1, 0.15) is 46.5 Å². The van der Waals surface area contributed by atoms with E-state index in [1.54, 1.807) is 0 Å². The first kappa shape index (κ1) is 18.0. The molecule has 1 heterocycles. The number of amides is 1. The van der Waals surface area contributed by atoms with E-state index in [4.69, 9.17) is 4.74 Å². The summed E-state index contributed by atoms with van der Waals surface area (Å²) < 4.78 is 5.50. The maximum Gasteiger partial charge on any atom is 0.222 e. The summed E-state index contributed by atoms with van der Waals surface area (Å²) >= 11 is 0. The zero-order valence-corrected chi connectivity index (χ0v) is 13.9. The number of unbranched alkanes of at least 4 members (excludes halogenated alkanes) is 2. The first-order chi connectivity index (χ1) is 10.1. The lowest BCUT2D eigenvalue weighted by atomic mass is 10.1. The molecule has 0 saturated carbocycles. The minimum atomic E-state index is 0.306. The molecule has 21 heavy (non-hydrogen) atoms. The van der Waals surface area contributed by atoms with Gasteiger partial charge in [0, 0.05) is 39.2 Å². The van der Waals surface area contributed by atoms with Crippen molar-refractivity contribution in [3.63, 3.8) is 0 Å². The molecule has 1 amide bonds. The van der Waals surface area contributed by atoms with Crippen molar-refractivity contribution in [2.24, 2.45) is 0 Å². The fourth-order valence-electron chi connectivity index (χ4n) is 2.38. The third-order valence-corrected chi connectivity index (χ3v) is 3.69. The molecule has 0 atom stereocenters. The van der Waals surface area contributed by atoms with Gasteiger partial charge in [-0.15, -0.1) is 5.92 Å². The van der Waals surface area contributed by atoms with Gasteiger partial charge in [0.15, 0.2) is 0 Å². The third-order valence-electron chi connectivity index (χ3n) is 3.69. The molecule has 0 aromatic carbocycles. The second-order valence-corrected chi connectivity index (χ2v) is 5.81. The van der Waals surface area contributed by atoms with Gasteiger partial charge in [0.25, 0.3) is 0 Å². The zero-order chi connectivity index (χ0) is 15.5. The van der Waals surface area contributed by atoms with E-state index in [0.717, 1.165) is 58.6 Å². The highest BCUT2D eigenvalue weighted by atomic mass is 16.5. The summed E-state index contributed by atoms with van der Waals surface area (Å²) in [6.45, 7) is 11.2. The first-order valence-electron chi connectivity index (χ1n) is 8.15. The van der Waals surface area contributed by atoms with Crippen molar-refractivity contribution >= 4 is 5.91 Å². The van der Waals surface area contributed by atoms with Gasteiger partial charge >= 0.3 is 0 Å². The van der Waals surface area contributed by atoms with E-state index in [0.29, 0.717) is 18.4 Å². The number of carbonyl (C=O) groups excluding carboxylic acids is 1. The maximum atomic E-state index is 12.1. The van der Waals surface area contributed by atoms with Gasteiger partial charge in [-0.25, -0.2) is 0 Å². The van der Waals surface area contributed by atoms with Crippen LogP contribution in [-0.4, -0.2) is 61.1 Å². The number of piperazine rings is 1. The number of hydrogen-bond acceptors (Lipinski definition) is 3. The van der Waals surface area contributed by atoms with Crippen LogP contribution in [-0.2, 0) is 9.53 Å². The molecule has 0 spiro atoms. The molecule has 0 aliphatic carbocycles. The molecule has 1 aliphatic heterocycles. The van der Waals surface area contributed by atoms with Gasteiger partial charge in [-0.2, -0.15) is 0 Å². The fraction of sp³-hybridized carbons (Fsp3) is 0.824. The van der Waals surface area contributed by atoms with Crippen LogP contribution in [0.3, 0.4) is 0 Å². The fourth-order valence-corrected chi connectivity index (χ4v) is 2.38. The Hall–Kier alpha value is -1.05. The summed E-state index contributed by atoms with van der Waals surface area (Å²) in [5, 5.41) is 0. The molecule has 0 aromatic heterocycles. The average Bonchev–Trinajstić information content (AvgIpc) is 2.48. The summed E-state index contributed by atoms with van der Waals surface area (Å²) in [7, 11) is 0. The summed E-state index contributed by atoms with van der Waals surface area (Å²) in [4.78, 5) is 16.4. The molecule has 0 N–H and O–H groups in total. The number of rotatable bonds is 8.